The minimum absolute atomic E-state index is 0.325. The third-order valence-electron chi connectivity index (χ3n) is 2.81. The second kappa shape index (κ2) is 6.89. The summed E-state index contributed by atoms with van der Waals surface area (Å²) in [5, 5.41) is 15.0. The van der Waals surface area contributed by atoms with Gasteiger partial charge in [0.25, 0.3) is 0 Å². The van der Waals surface area contributed by atoms with Crippen molar-refractivity contribution in [3.05, 3.63) is 18.1 Å². The Labute approximate surface area is 106 Å². The van der Waals surface area contributed by atoms with Gasteiger partial charge < -0.3 is 15.4 Å². The number of piperidine rings is 1. The summed E-state index contributed by atoms with van der Waals surface area (Å²) in [6.07, 6.45) is 5.55. The van der Waals surface area contributed by atoms with Crippen molar-refractivity contribution in [3.63, 3.8) is 0 Å². The fourth-order valence-corrected chi connectivity index (χ4v) is 1.84. The minimum Gasteiger partial charge on any atom is -0.376 e. The van der Waals surface area contributed by atoms with Gasteiger partial charge in [-0.3, -0.25) is 0 Å². The molecule has 96 valence electrons. The number of aromatic nitrogens is 2. The summed E-state index contributed by atoms with van der Waals surface area (Å²) in [4.78, 5) is 8.00. The van der Waals surface area contributed by atoms with Crippen molar-refractivity contribution in [2.75, 3.05) is 31.6 Å². The molecule has 0 amide bonds. The predicted octanol–water partition coefficient (Wildman–Crippen LogP) is 0.529. The van der Waals surface area contributed by atoms with E-state index in [1.54, 1.807) is 6.20 Å². The normalized spacial score (nSPS) is 16.2. The van der Waals surface area contributed by atoms with Crippen LogP contribution in [0, 0.1) is 11.3 Å². The Hall–Kier alpha value is -1.71. The van der Waals surface area contributed by atoms with Gasteiger partial charge in [-0.05, 0) is 25.9 Å². The fraction of sp³-hybridized carbons (Fsp3) is 0.583. The van der Waals surface area contributed by atoms with Crippen LogP contribution >= 0.6 is 0 Å². The third kappa shape index (κ3) is 3.95. The molecule has 1 aromatic rings. The molecule has 1 aliphatic rings. The van der Waals surface area contributed by atoms with Crippen molar-refractivity contribution in [2.45, 2.75) is 18.9 Å². The van der Waals surface area contributed by atoms with Gasteiger partial charge in [0.15, 0.2) is 5.69 Å². The lowest BCUT2D eigenvalue weighted by Gasteiger charge is -2.22. The number of nitriles is 1. The first-order valence-electron chi connectivity index (χ1n) is 6.17. The molecule has 0 bridgehead atoms. The second-order valence-corrected chi connectivity index (χ2v) is 4.15. The zero-order chi connectivity index (χ0) is 12.6. The zero-order valence-corrected chi connectivity index (χ0v) is 10.2. The summed E-state index contributed by atoms with van der Waals surface area (Å²) >= 11 is 0. The van der Waals surface area contributed by atoms with Crippen LogP contribution in [0.1, 0.15) is 18.5 Å². The van der Waals surface area contributed by atoms with Crippen LogP contribution in [0.2, 0.25) is 0 Å². The molecule has 0 radical (unpaired) electrons. The maximum Gasteiger partial charge on any atom is 0.158 e. The zero-order valence-electron chi connectivity index (χ0n) is 10.2. The summed E-state index contributed by atoms with van der Waals surface area (Å²) in [6, 6.07) is 1.93. The summed E-state index contributed by atoms with van der Waals surface area (Å²) in [5.74, 6) is 0.669. The predicted molar refractivity (Wildman–Crippen MR) is 67.1 cm³/mol. The van der Waals surface area contributed by atoms with Crippen molar-refractivity contribution in [3.8, 4) is 6.07 Å². The molecule has 1 fully saturated rings. The summed E-state index contributed by atoms with van der Waals surface area (Å²) in [7, 11) is 0. The van der Waals surface area contributed by atoms with E-state index in [2.05, 4.69) is 20.6 Å². The topological polar surface area (TPSA) is 82.9 Å². The molecule has 18 heavy (non-hydrogen) atoms. The van der Waals surface area contributed by atoms with Crippen molar-refractivity contribution in [1.82, 2.24) is 15.3 Å². The third-order valence-corrected chi connectivity index (χ3v) is 2.81. The first-order chi connectivity index (χ1) is 8.88. The van der Waals surface area contributed by atoms with Gasteiger partial charge in [-0.1, -0.05) is 0 Å². The molecule has 2 heterocycles. The van der Waals surface area contributed by atoms with Gasteiger partial charge in [0.2, 0.25) is 0 Å². The van der Waals surface area contributed by atoms with E-state index in [0.29, 0.717) is 30.8 Å². The van der Waals surface area contributed by atoms with E-state index in [-0.39, 0.29) is 0 Å². The molecule has 1 aromatic heterocycles. The standard InChI is InChI=1S/C12H17N5O/c13-7-10-8-17-12(9-16-10)15-5-6-18-11-1-3-14-4-2-11/h8-9,11,14H,1-6H2,(H,15,17). The van der Waals surface area contributed by atoms with E-state index < -0.39 is 0 Å². The van der Waals surface area contributed by atoms with Gasteiger partial charge in [-0.2, -0.15) is 5.26 Å². The van der Waals surface area contributed by atoms with Crippen molar-refractivity contribution < 1.29 is 4.74 Å². The number of anilines is 1. The lowest BCUT2D eigenvalue weighted by Crippen LogP contribution is -2.33. The van der Waals surface area contributed by atoms with Crippen LogP contribution < -0.4 is 10.6 Å². The Morgan fingerprint density at radius 1 is 1.39 bits per heavy atom. The molecule has 0 aliphatic carbocycles. The van der Waals surface area contributed by atoms with Crippen LogP contribution in [0.4, 0.5) is 5.82 Å². The van der Waals surface area contributed by atoms with Gasteiger partial charge in [0.05, 0.1) is 25.1 Å². The maximum absolute atomic E-state index is 8.59. The van der Waals surface area contributed by atoms with E-state index in [9.17, 15) is 0 Å². The Balaban J connectivity index is 1.63. The van der Waals surface area contributed by atoms with Crippen LogP contribution in [0.15, 0.2) is 12.4 Å². The van der Waals surface area contributed by atoms with Gasteiger partial charge in [-0.25, -0.2) is 9.97 Å². The van der Waals surface area contributed by atoms with Crippen molar-refractivity contribution >= 4 is 5.82 Å². The number of nitrogens with one attached hydrogen (secondary N) is 2. The number of nitrogens with zero attached hydrogens (tertiary/aromatic N) is 3. The summed E-state index contributed by atoms with van der Waals surface area (Å²) < 4.78 is 5.75. The van der Waals surface area contributed by atoms with E-state index >= 15 is 0 Å². The molecule has 0 atom stereocenters. The molecular weight excluding hydrogens is 230 g/mol. The highest BCUT2D eigenvalue weighted by Gasteiger charge is 2.12. The number of hydrogen-bond donors (Lipinski definition) is 2. The highest BCUT2D eigenvalue weighted by Crippen LogP contribution is 2.06. The van der Waals surface area contributed by atoms with Crippen LogP contribution in [0.5, 0.6) is 0 Å². The molecule has 0 spiro atoms. The highest BCUT2D eigenvalue weighted by atomic mass is 16.5. The van der Waals surface area contributed by atoms with E-state index in [4.69, 9.17) is 10.00 Å². The Morgan fingerprint density at radius 2 is 2.22 bits per heavy atom. The maximum atomic E-state index is 8.59. The quantitative estimate of drug-likeness (QED) is 0.738. The van der Waals surface area contributed by atoms with Crippen LogP contribution in [0.25, 0.3) is 0 Å². The average molecular weight is 247 g/mol. The fourth-order valence-electron chi connectivity index (χ4n) is 1.84. The summed E-state index contributed by atoms with van der Waals surface area (Å²) in [6.45, 7) is 3.44. The molecule has 0 unspecified atom stereocenters. The molecule has 2 N–H and O–H groups in total. The van der Waals surface area contributed by atoms with E-state index in [1.807, 2.05) is 6.07 Å². The largest absolute Gasteiger partial charge is 0.376 e. The van der Waals surface area contributed by atoms with Crippen molar-refractivity contribution in [1.29, 1.82) is 5.26 Å². The minimum atomic E-state index is 0.325. The Morgan fingerprint density at radius 3 is 2.89 bits per heavy atom. The monoisotopic (exact) mass is 247 g/mol. The molecular formula is C12H17N5O. The van der Waals surface area contributed by atoms with E-state index in [0.717, 1.165) is 25.9 Å². The molecule has 2 rings (SSSR count). The van der Waals surface area contributed by atoms with Gasteiger partial charge >= 0.3 is 0 Å². The second-order valence-electron chi connectivity index (χ2n) is 4.15. The molecule has 0 saturated carbocycles. The van der Waals surface area contributed by atoms with Crippen LogP contribution in [-0.2, 0) is 4.74 Å². The molecule has 6 heteroatoms. The molecule has 6 nitrogen and oxygen atoms in total. The molecule has 0 aromatic carbocycles. The van der Waals surface area contributed by atoms with Crippen molar-refractivity contribution in [2.24, 2.45) is 0 Å². The number of ether oxygens (including phenoxy) is 1. The highest BCUT2D eigenvalue weighted by molar-refractivity contribution is 5.32. The first-order valence-corrected chi connectivity index (χ1v) is 6.17. The van der Waals surface area contributed by atoms with Gasteiger partial charge in [0, 0.05) is 6.54 Å². The van der Waals surface area contributed by atoms with Crippen LogP contribution in [0.3, 0.4) is 0 Å². The van der Waals surface area contributed by atoms with Gasteiger partial charge in [-0.15, -0.1) is 0 Å². The van der Waals surface area contributed by atoms with Gasteiger partial charge in [0.1, 0.15) is 11.9 Å². The Bertz CT molecular complexity index is 394. The smallest absolute Gasteiger partial charge is 0.158 e. The number of rotatable bonds is 5. The lowest BCUT2D eigenvalue weighted by atomic mass is 10.1. The molecule has 1 aliphatic heterocycles. The summed E-state index contributed by atoms with van der Waals surface area (Å²) in [5.41, 5.74) is 0.325. The van der Waals surface area contributed by atoms with E-state index in [1.165, 1.54) is 6.20 Å². The number of hydrogen-bond acceptors (Lipinski definition) is 6. The first kappa shape index (κ1) is 12.7. The SMILES string of the molecule is N#Cc1cnc(NCCOC2CCNCC2)cn1. The van der Waals surface area contributed by atoms with Crippen LogP contribution in [-0.4, -0.2) is 42.3 Å². The average Bonchev–Trinajstić information content (AvgIpc) is 2.45. The Kier molecular flexibility index (Phi) is 4.88. The lowest BCUT2D eigenvalue weighted by molar-refractivity contribution is 0.0394. The molecule has 1 saturated heterocycles.